The second kappa shape index (κ2) is 5.15. The molecule has 0 aliphatic heterocycles. The molecule has 1 aromatic carbocycles. The first-order valence-corrected chi connectivity index (χ1v) is 5.82. The van der Waals surface area contributed by atoms with E-state index in [1.165, 1.54) is 0 Å². The van der Waals surface area contributed by atoms with Crippen LogP contribution in [0.2, 0.25) is 0 Å². The molecule has 0 unspecified atom stereocenters. The van der Waals surface area contributed by atoms with Crippen molar-refractivity contribution in [3.8, 4) is 5.88 Å². The minimum Gasteiger partial charge on any atom is -0.477 e. The van der Waals surface area contributed by atoms with Crippen LogP contribution in [0.4, 0.5) is 0 Å². The molecule has 0 amide bonds. The van der Waals surface area contributed by atoms with E-state index in [4.69, 9.17) is 4.74 Å². The van der Waals surface area contributed by atoms with Gasteiger partial charge in [-0.1, -0.05) is 32.0 Å². The highest BCUT2D eigenvalue weighted by Gasteiger charge is 2.07. The lowest BCUT2D eigenvalue weighted by molar-refractivity contribution is 0.263. The molecule has 2 aromatic rings. The average molecular weight is 231 g/mol. The Bertz CT molecular complexity index is 509. The predicted octanol–water partition coefficient (Wildman–Crippen LogP) is 2.76. The van der Waals surface area contributed by atoms with Gasteiger partial charge in [-0.15, -0.1) is 0 Å². The third kappa shape index (κ3) is 2.56. The first-order valence-electron chi connectivity index (χ1n) is 5.82. The molecule has 0 atom stereocenters. The van der Waals surface area contributed by atoms with E-state index in [1.54, 1.807) is 6.20 Å². The van der Waals surface area contributed by atoms with Crippen molar-refractivity contribution < 1.29 is 9.84 Å². The van der Waals surface area contributed by atoms with Crippen LogP contribution in [0.25, 0.3) is 10.8 Å². The maximum absolute atomic E-state index is 9.26. The van der Waals surface area contributed by atoms with E-state index in [1.807, 2.05) is 24.3 Å². The van der Waals surface area contributed by atoms with E-state index >= 15 is 0 Å². The van der Waals surface area contributed by atoms with E-state index in [0.29, 0.717) is 18.4 Å². The zero-order valence-corrected chi connectivity index (χ0v) is 10.2. The summed E-state index contributed by atoms with van der Waals surface area (Å²) in [4.78, 5) is 4.27. The number of hydrogen-bond acceptors (Lipinski definition) is 3. The molecule has 1 aromatic heterocycles. The summed E-state index contributed by atoms with van der Waals surface area (Å²) < 4.78 is 5.69. The quantitative estimate of drug-likeness (QED) is 0.879. The summed E-state index contributed by atoms with van der Waals surface area (Å²) in [6.45, 7) is 4.85. The number of hydrogen-bond donors (Lipinski definition) is 1. The Hall–Kier alpha value is -1.61. The molecule has 0 saturated heterocycles. The molecular formula is C14H17NO2. The van der Waals surface area contributed by atoms with Crippen LogP contribution in [0.15, 0.2) is 30.5 Å². The van der Waals surface area contributed by atoms with Crippen LogP contribution in [0, 0.1) is 5.92 Å². The Morgan fingerprint density at radius 2 is 1.94 bits per heavy atom. The number of benzene rings is 1. The minimum atomic E-state index is -0.00201. The fourth-order valence-corrected chi connectivity index (χ4v) is 1.71. The number of aliphatic hydroxyl groups excluding tert-OH is 1. The molecule has 0 bridgehead atoms. The molecule has 0 spiro atoms. The lowest BCUT2D eigenvalue weighted by atomic mass is 10.1. The maximum Gasteiger partial charge on any atom is 0.221 e. The zero-order chi connectivity index (χ0) is 12.3. The van der Waals surface area contributed by atoms with Gasteiger partial charge in [-0.2, -0.15) is 0 Å². The smallest absolute Gasteiger partial charge is 0.221 e. The van der Waals surface area contributed by atoms with Crippen molar-refractivity contribution in [1.82, 2.24) is 4.98 Å². The van der Waals surface area contributed by atoms with E-state index < -0.39 is 0 Å². The number of fused-ring (bicyclic) bond motifs is 1. The van der Waals surface area contributed by atoms with Gasteiger partial charge in [0.05, 0.1) is 13.2 Å². The molecule has 0 radical (unpaired) electrons. The van der Waals surface area contributed by atoms with Crippen molar-refractivity contribution in [2.75, 3.05) is 6.61 Å². The Kier molecular flexibility index (Phi) is 3.59. The Morgan fingerprint density at radius 1 is 1.24 bits per heavy atom. The third-order valence-electron chi connectivity index (χ3n) is 2.56. The topological polar surface area (TPSA) is 42.4 Å². The number of nitrogens with zero attached hydrogens (tertiary/aromatic N) is 1. The van der Waals surface area contributed by atoms with Crippen LogP contribution in [0.3, 0.4) is 0 Å². The summed E-state index contributed by atoms with van der Waals surface area (Å²) in [5.41, 5.74) is 0.831. The zero-order valence-electron chi connectivity index (χ0n) is 10.2. The van der Waals surface area contributed by atoms with Crippen LogP contribution in [-0.2, 0) is 6.61 Å². The fraction of sp³-hybridized carbons (Fsp3) is 0.357. The van der Waals surface area contributed by atoms with Crippen LogP contribution in [-0.4, -0.2) is 16.7 Å². The van der Waals surface area contributed by atoms with E-state index in [0.717, 1.165) is 16.3 Å². The standard InChI is InChI=1S/C14H17NO2/c1-10(2)9-17-14-13-6-4-3-5-12(13)11(8-16)7-15-14/h3-7,10,16H,8-9H2,1-2H3. The monoisotopic (exact) mass is 231 g/mol. The van der Waals surface area contributed by atoms with Crippen LogP contribution >= 0.6 is 0 Å². The highest BCUT2D eigenvalue weighted by Crippen LogP contribution is 2.26. The van der Waals surface area contributed by atoms with Crippen molar-refractivity contribution in [3.63, 3.8) is 0 Å². The van der Waals surface area contributed by atoms with Gasteiger partial charge in [0.25, 0.3) is 0 Å². The van der Waals surface area contributed by atoms with Gasteiger partial charge in [0.15, 0.2) is 0 Å². The van der Waals surface area contributed by atoms with Crippen LogP contribution in [0.1, 0.15) is 19.4 Å². The second-order valence-electron chi connectivity index (χ2n) is 4.50. The fourth-order valence-electron chi connectivity index (χ4n) is 1.71. The molecule has 17 heavy (non-hydrogen) atoms. The SMILES string of the molecule is CC(C)COc1ncc(CO)c2ccccc12. The molecule has 0 aliphatic carbocycles. The predicted molar refractivity (Wildman–Crippen MR) is 68.0 cm³/mol. The lowest BCUT2D eigenvalue weighted by Crippen LogP contribution is -2.06. The normalized spacial score (nSPS) is 11.1. The Balaban J connectivity index is 2.43. The van der Waals surface area contributed by atoms with E-state index in [9.17, 15) is 5.11 Å². The van der Waals surface area contributed by atoms with Crippen molar-refractivity contribution in [2.45, 2.75) is 20.5 Å². The molecular weight excluding hydrogens is 214 g/mol. The van der Waals surface area contributed by atoms with E-state index in [2.05, 4.69) is 18.8 Å². The van der Waals surface area contributed by atoms with Gasteiger partial charge in [0.1, 0.15) is 0 Å². The average Bonchev–Trinajstić information content (AvgIpc) is 2.35. The molecule has 2 rings (SSSR count). The van der Waals surface area contributed by atoms with Crippen molar-refractivity contribution in [3.05, 3.63) is 36.0 Å². The van der Waals surface area contributed by atoms with Crippen molar-refractivity contribution in [2.24, 2.45) is 5.92 Å². The molecule has 3 nitrogen and oxygen atoms in total. The van der Waals surface area contributed by atoms with E-state index in [-0.39, 0.29) is 6.61 Å². The summed E-state index contributed by atoms with van der Waals surface area (Å²) in [7, 11) is 0. The molecule has 1 heterocycles. The maximum atomic E-state index is 9.26. The highest BCUT2D eigenvalue weighted by atomic mass is 16.5. The molecule has 0 aliphatic rings. The van der Waals surface area contributed by atoms with Gasteiger partial charge in [-0.3, -0.25) is 0 Å². The highest BCUT2D eigenvalue weighted by molar-refractivity contribution is 5.89. The van der Waals surface area contributed by atoms with Gasteiger partial charge in [0.2, 0.25) is 5.88 Å². The summed E-state index contributed by atoms with van der Waals surface area (Å²) >= 11 is 0. The molecule has 90 valence electrons. The van der Waals surface area contributed by atoms with Crippen molar-refractivity contribution in [1.29, 1.82) is 0 Å². The molecule has 1 N–H and O–H groups in total. The number of aliphatic hydroxyl groups is 1. The molecule has 0 fully saturated rings. The Labute approximate surface area is 101 Å². The number of ether oxygens (including phenoxy) is 1. The van der Waals surface area contributed by atoms with Gasteiger partial charge >= 0.3 is 0 Å². The third-order valence-corrected chi connectivity index (χ3v) is 2.56. The first kappa shape index (κ1) is 11.9. The summed E-state index contributed by atoms with van der Waals surface area (Å²) in [5.74, 6) is 1.11. The Morgan fingerprint density at radius 3 is 2.59 bits per heavy atom. The lowest BCUT2D eigenvalue weighted by Gasteiger charge is -2.11. The molecule has 0 saturated carbocycles. The number of pyridine rings is 1. The van der Waals surface area contributed by atoms with Gasteiger partial charge in [-0.05, 0) is 17.4 Å². The van der Waals surface area contributed by atoms with Crippen molar-refractivity contribution >= 4 is 10.8 Å². The second-order valence-corrected chi connectivity index (χ2v) is 4.50. The van der Waals surface area contributed by atoms with Gasteiger partial charge in [0, 0.05) is 17.1 Å². The van der Waals surface area contributed by atoms with Crippen LogP contribution in [0.5, 0.6) is 5.88 Å². The summed E-state index contributed by atoms with van der Waals surface area (Å²) in [6.07, 6.45) is 1.68. The minimum absolute atomic E-state index is 0.00201. The van der Waals surface area contributed by atoms with Gasteiger partial charge in [-0.25, -0.2) is 4.98 Å². The van der Waals surface area contributed by atoms with Gasteiger partial charge < -0.3 is 9.84 Å². The number of aromatic nitrogens is 1. The summed E-state index contributed by atoms with van der Waals surface area (Å²) in [5, 5.41) is 11.2. The van der Waals surface area contributed by atoms with Crippen LogP contribution < -0.4 is 4.74 Å². The molecule has 3 heteroatoms. The summed E-state index contributed by atoms with van der Waals surface area (Å²) in [6, 6.07) is 7.85. The number of rotatable bonds is 4. The first-order chi connectivity index (χ1) is 8.22. The largest absolute Gasteiger partial charge is 0.477 e.